The summed E-state index contributed by atoms with van der Waals surface area (Å²) in [6.07, 6.45) is 1.41. The van der Waals surface area contributed by atoms with Gasteiger partial charge in [-0.05, 0) is 32.8 Å². The zero-order valence-electron chi connectivity index (χ0n) is 9.67. The quantitative estimate of drug-likeness (QED) is 0.747. The minimum atomic E-state index is -0.766. The summed E-state index contributed by atoms with van der Waals surface area (Å²) in [7, 11) is 0. The van der Waals surface area contributed by atoms with Gasteiger partial charge >= 0.3 is 0 Å². The molecule has 0 fully saturated rings. The van der Waals surface area contributed by atoms with Crippen LogP contribution < -0.4 is 0 Å². The molecule has 80 valence electrons. The van der Waals surface area contributed by atoms with Crippen molar-refractivity contribution in [1.82, 2.24) is 0 Å². The molecule has 1 aromatic carbocycles. The number of aryl methyl sites for hydroxylation is 1. The average Bonchev–Trinajstić information content (AvgIpc) is 2.18. The lowest BCUT2D eigenvalue weighted by atomic mass is 9.91. The predicted octanol–water partition coefficient (Wildman–Crippen LogP) is 3.01. The Morgan fingerprint density at radius 3 is 2.40 bits per heavy atom. The third-order valence-electron chi connectivity index (χ3n) is 2.59. The van der Waals surface area contributed by atoms with Crippen LogP contribution in [0.3, 0.4) is 0 Å². The molecule has 0 aliphatic heterocycles. The molecule has 0 spiro atoms. The lowest BCUT2D eigenvalue weighted by Crippen LogP contribution is -2.20. The van der Waals surface area contributed by atoms with Crippen molar-refractivity contribution in [2.24, 2.45) is 0 Å². The lowest BCUT2D eigenvalue weighted by Gasteiger charge is -2.22. The highest BCUT2D eigenvalue weighted by molar-refractivity contribution is 5.26. The molecule has 0 aliphatic rings. The third-order valence-corrected chi connectivity index (χ3v) is 2.59. The Hall–Kier alpha value is -1.26. The van der Waals surface area contributed by atoms with Crippen LogP contribution in [0.15, 0.2) is 24.3 Å². The van der Waals surface area contributed by atoms with Crippen LogP contribution in [0, 0.1) is 18.8 Å². The molecule has 1 unspecified atom stereocenters. The fraction of sp³-hybridized carbons (Fsp3) is 0.429. The molecule has 0 aromatic heterocycles. The Morgan fingerprint density at radius 2 is 1.87 bits per heavy atom. The van der Waals surface area contributed by atoms with E-state index in [0.717, 1.165) is 12.0 Å². The molecule has 1 rings (SSSR count). The van der Waals surface area contributed by atoms with Crippen LogP contribution in [-0.2, 0) is 5.60 Å². The fourth-order valence-electron chi connectivity index (χ4n) is 1.49. The molecule has 0 saturated carbocycles. The third kappa shape index (κ3) is 3.42. The summed E-state index contributed by atoms with van der Waals surface area (Å²) in [4.78, 5) is 0. The second-order valence-corrected chi connectivity index (χ2v) is 4.07. The van der Waals surface area contributed by atoms with Crippen molar-refractivity contribution >= 4 is 0 Å². The first kappa shape index (κ1) is 11.8. The van der Waals surface area contributed by atoms with E-state index in [4.69, 9.17) is 0 Å². The Bertz CT molecular complexity index is 363. The highest BCUT2D eigenvalue weighted by atomic mass is 16.3. The van der Waals surface area contributed by atoms with Crippen molar-refractivity contribution in [1.29, 1.82) is 0 Å². The van der Waals surface area contributed by atoms with Gasteiger partial charge in [0.1, 0.15) is 0 Å². The molecule has 1 heteroatoms. The first-order valence-corrected chi connectivity index (χ1v) is 5.25. The van der Waals surface area contributed by atoms with Gasteiger partial charge in [-0.25, -0.2) is 0 Å². The van der Waals surface area contributed by atoms with Gasteiger partial charge in [-0.15, -0.1) is 11.8 Å². The molecule has 0 heterocycles. The van der Waals surface area contributed by atoms with E-state index in [9.17, 15) is 5.11 Å². The Balaban J connectivity index is 2.74. The molecule has 15 heavy (non-hydrogen) atoms. The van der Waals surface area contributed by atoms with E-state index in [1.807, 2.05) is 45.0 Å². The van der Waals surface area contributed by atoms with E-state index < -0.39 is 5.60 Å². The second kappa shape index (κ2) is 5.00. The maximum Gasteiger partial charge on any atom is 0.0877 e. The largest absolute Gasteiger partial charge is 0.385 e. The second-order valence-electron chi connectivity index (χ2n) is 4.07. The SMILES string of the molecule is CC#CCCC(C)(O)c1ccc(C)cc1. The van der Waals surface area contributed by atoms with Crippen LogP contribution in [-0.4, -0.2) is 5.11 Å². The number of aliphatic hydroxyl groups is 1. The summed E-state index contributed by atoms with van der Waals surface area (Å²) < 4.78 is 0. The summed E-state index contributed by atoms with van der Waals surface area (Å²) in [5, 5.41) is 10.2. The molecule has 0 amide bonds. The molecule has 1 aromatic rings. The summed E-state index contributed by atoms with van der Waals surface area (Å²) in [5.41, 5.74) is 1.41. The average molecular weight is 202 g/mol. The van der Waals surface area contributed by atoms with Crippen LogP contribution in [0.25, 0.3) is 0 Å². The summed E-state index contributed by atoms with van der Waals surface area (Å²) in [6, 6.07) is 8.01. The van der Waals surface area contributed by atoms with Crippen molar-refractivity contribution in [2.75, 3.05) is 0 Å². The standard InChI is InChI=1S/C14H18O/c1-4-5-6-11-14(3,15)13-9-7-12(2)8-10-13/h7-10,15H,6,11H2,1-3H3. The predicted molar refractivity (Wildman–Crippen MR) is 63.4 cm³/mol. The van der Waals surface area contributed by atoms with Gasteiger partial charge in [-0.3, -0.25) is 0 Å². The van der Waals surface area contributed by atoms with Crippen molar-refractivity contribution in [3.05, 3.63) is 35.4 Å². The molecule has 0 radical (unpaired) electrons. The molecule has 1 N–H and O–H groups in total. The van der Waals surface area contributed by atoms with Crippen molar-refractivity contribution in [2.45, 2.75) is 39.2 Å². The highest BCUT2D eigenvalue weighted by Gasteiger charge is 2.21. The van der Waals surface area contributed by atoms with Crippen molar-refractivity contribution in [3.8, 4) is 11.8 Å². The monoisotopic (exact) mass is 202 g/mol. The van der Waals surface area contributed by atoms with E-state index in [0.29, 0.717) is 6.42 Å². The van der Waals surface area contributed by atoms with Gasteiger partial charge in [0.05, 0.1) is 5.60 Å². The van der Waals surface area contributed by atoms with E-state index in [1.54, 1.807) is 0 Å². The van der Waals surface area contributed by atoms with Crippen molar-refractivity contribution in [3.63, 3.8) is 0 Å². The number of hydrogen-bond donors (Lipinski definition) is 1. The van der Waals surface area contributed by atoms with Crippen molar-refractivity contribution < 1.29 is 5.11 Å². The normalized spacial score (nSPS) is 13.9. The smallest absolute Gasteiger partial charge is 0.0877 e. The van der Waals surface area contributed by atoms with Crippen LogP contribution in [0.4, 0.5) is 0 Å². The summed E-state index contributed by atoms with van der Waals surface area (Å²) in [5.74, 6) is 5.82. The van der Waals surface area contributed by atoms with E-state index >= 15 is 0 Å². The number of rotatable bonds is 3. The van der Waals surface area contributed by atoms with Crippen LogP contribution >= 0.6 is 0 Å². The molecular formula is C14H18O. The molecule has 1 nitrogen and oxygen atoms in total. The van der Waals surface area contributed by atoms with Gasteiger partial charge in [-0.1, -0.05) is 29.8 Å². The van der Waals surface area contributed by atoms with Crippen LogP contribution in [0.2, 0.25) is 0 Å². The summed E-state index contributed by atoms with van der Waals surface area (Å²) >= 11 is 0. The van der Waals surface area contributed by atoms with Gasteiger partial charge in [0.15, 0.2) is 0 Å². The zero-order chi connectivity index (χ0) is 11.3. The number of hydrogen-bond acceptors (Lipinski definition) is 1. The zero-order valence-corrected chi connectivity index (χ0v) is 9.67. The molecule has 0 aliphatic carbocycles. The van der Waals surface area contributed by atoms with Crippen LogP contribution in [0.5, 0.6) is 0 Å². The van der Waals surface area contributed by atoms with Gasteiger partial charge in [0.25, 0.3) is 0 Å². The maximum atomic E-state index is 10.2. The summed E-state index contributed by atoms with van der Waals surface area (Å²) in [6.45, 7) is 5.71. The molecular weight excluding hydrogens is 184 g/mol. The van der Waals surface area contributed by atoms with Crippen LogP contribution in [0.1, 0.15) is 37.8 Å². The topological polar surface area (TPSA) is 20.2 Å². The Morgan fingerprint density at radius 1 is 1.27 bits per heavy atom. The fourth-order valence-corrected chi connectivity index (χ4v) is 1.49. The van der Waals surface area contributed by atoms with Gasteiger partial charge in [0.2, 0.25) is 0 Å². The first-order valence-electron chi connectivity index (χ1n) is 5.25. The number of benzene rings is 1. The van der Waals surface area contributed by atoms with E-state index in [2.05, 4.69) is 11.8 Å². The Labute approximate surface area is 92.1 Å². The highest BCUT2D eigenvalue weighted by Crippen LogP contribution is 2.25. The minimum Gasteiger partial charge on any atom is -0.385 e. The minimum absolute atomic E-state index is 0.677. The van der Waals surface area contributed by atoms with Gasteiger partial charge in [-0.2, -0.15) is 0 Å². The van der Waals surface area contributed by atoms with E-state index in [-0.39, 0.29) is 0 Å². The molecule has 1 atom stereocenters. The van der Waals surface area contributed by atoms with Gasteiger partial charge < -0.3 is 5.11 Å². The van der Waals surface area contributed by atoms with Gasteiger partial charge in [0, 0.05) is 6.42 Å². The molecule has 0 saturated heterocycles. The maximum absolute atomic E-state index is 10.2. The molecule has 0 bridgehead atoms. The Kier molecular flexibility index (Phi) is 3.94. The first-order chi connectivity index (χ1) is 7.06. The lowest BCUT2D eigenvalue weighted by molar-refractivity contribution is 0.0494. The van der Waals surface area contributed by atoms with E-state index in [1.165, 1.54) is 5.56 Å².